The smallest absolute Gasteiger partial charge is 0.241 e. The first-order chi connectivity index (χ1) is 10.1. The second-order valence-electron chi connectivity index (χ2n) is 4.31. The summed E-state index contributed by atoms with van der Waals surface area (Å²) in [6, 6.07) is 5.93. The van der Waals surface area contributed by atoms with E-state index in [-0.39, 0.29) is 5.28 Å². The zero-order valence-corrected chi connectivity index (χ0v) is 13.3. The van der Waals surface area contributed by atoms with Gasteiger partial charge in [0, 0.05) is 16.9 Å². The van der Waals surface area contributed by atoms with Gasteiger partial charge in [-0.25, -0.2) is 4.98 Å². The van der Waals surface area contributed by atoms with Crippen molar-refractivity contribution in [2.75, 3.05) is 5.32 Å². The number of halogens is 2. The van der Waals surface area contributed by atoms with Crippen molar-refractivity contribution in [1.82, 2.24) is 24.5 Å². The molecular weight excluding hydrogens is 356 g/mol. The molecule has 1 N–H and O–H groups in total. The van der Waals surface area contributed by atoms with Crippen molar-refractivity contribution in [2.45, 2.75) is 6.92 Å². The fourth-order valence-corrected chi connectivity index (χ4v) is 2.48. The van der Waals surface area contributed by atoms with Gasteiger partial charge in [0.05, 0.1) is 5.69 Å². The van der Waals surface area contributed by atoms with Crippen LogP contribution in [0.3, 0.4) is 0 Å². The third-order valence-electron chi connectivity index (χ3n) is 2.70. The minimum Gasteiger partial charge on any atom is -0.323 e. The molecule has 0 spiro atoms. The van der Waals surface area contributed by atoms with Crippen LogP contribution in [-0.2, 0) is 0 Å². The second-order valence-corrected chi connectivity index (χ2v) is 5.50. The fourth-order valence-electron chi connectivity index (χ4n) is 1.73. The summed E-state index contributed by atoms with van der Waals surface area (Å²) in [6.07, 6.45) is 4.97. The second kappa shape index (κ2) is 5.79. The lowest BCUT2D eigenvalue weighted by Gasteiger charge is -2.09. The van der Waals surface area contributed by atoms with Crippen LogP contribution in [0.15, 0.2) is 41.4 Å². The Morgan fingerprint density at radius 3 is 2.81 bits per heavy atom. The van der Waals surface area contributed by atoms with E-state index in [1.807, 2.05) is 25.1 Å². The lowest BCUT2D eigenvalue weighted by molar-refractivity contribution is 0.899. The number of aromatic nitrogens is 5. The van der Waals surface area contributed by atoms with Gasteiger partial charge in [0.2, 0.25) is 17.2 Å². The molecule has 0 fully saturated rings. The minimum atomic E-state index is 0.111. The van der Waals surface area contributed by atoms with Crippen LogP contribution in [0.4, 0.5) is 11.6 Å². The first kappa shape index (κ1) is 14.0. The molecule has 0 radical (unpaired) electrons. The molecule has 6 nitrogen and oxygen atoms in total. The Hall–Kier alpha value is -1.99. The van der Waals surface area contributed by atoms with Crippen molar-refractivity contribution in [3.63, 3.8) is 0 Å². The Labute approximate surface area is 134 Å². The van der Waals surface area contributed by atoms with Crippen LogP contribution in [0.1, 0.15) is 5.56 Å². The highest BCUT2D eigenvalue weighted by Crippen LogP contribution is 2.26. The lowest BCUT2D eigenvalue weighted by atomic mass is 10.2. The lowest BCUT2D eigenvalue weighted by Crippen LogP contribution is -2.05. The average Bonchev–Trinajstić information content (AvgIpc) is 2.95. The van der Waals surface area contributed by atoms with Crippen molar-refractivity contribution in [1.29, 1.82) is 0 Å². The first-order valence-corrected chi connectivity index (χ1v) is 7.22. The van der Waals surface area contributed by atoms with E-state index in [1.54, 1.807) is 23.3 Å². The van der Waals surface area contributed by atoms with Gasteiger partial charge in [-0.15, -0.1) is 0 Å². The molecule has 2 heterocycles. The number of anilines is 2. The summed E-state index contributed by atoms with van der Waals surface area (Å²) < 4.78 is 2.58. The van der Waals surface area contributed by atoms with Crippen LogP contribution in [0.2, 0.25) is 5.28 Å². The number of imidazole rings is 1. The van der Waals surface area contributed by atoms with E-state index in [4.69, 9.17) is 11.6 Å². The molecule has 3 aromatic rings. The van der Waals surface area contributed by atoms with Crippen LogP contribution in [0, 0.1) is 6.92 Å². The van der Waals surface area contributed by atoms with E-state index in [2.05, 4.69) is 41.2 Å². The third-order valence-corrected chi connectivity index (χ3v) is 3.53. The monoisotopic (exact) mass is 364 g/mol. The van der Waals surface area contributed by atoms with Crippen LogP contribution >= 0.6 is 27.5 Å². The number of nitrogens with one attached hydrogen (secondary N) is 1. The Balaban J connectivity index is 1.95. The predicted octanol–water partition coefficient (Wildman–Crippen LogP) is 3.53. The van der Waals surface area contributed by atoms with E-state index < -0.39 is 0 Å². The van der Waals surface area contributed by atoms with Crippen molar-refractivity contribution in [3.05, 3.63) is 52.2 Å². The van der Waals surface area contributed by atoms with Gasteiger partial charge >= 0.3 is 0 Å². The average molecular weight is 366 g/mol. The standard InChI is InChI=1S/C13H10BrClN6/c1-8-2-3-10(9(14)6-8)17-12-18-11(15)19-13(20-12)21-5-4-16-7-21/h2-7H,1H3,(H,17,18,19,20). The molecule has 0 aliphatic carbocycles. The molecule has 0 saturated carbocycles. The van der Waals surface area contributed by atoms with E-state index in [1.165, 1.54) is 0 Å². The molecule has 0 aliphatic heterocycles. The summed E-state index contributed by atoms with van der Waals surface area (Å²) in [6.45, 7) is 2.02. The van der Waals surface area contributed by atoms with Gasteiger partial charge in [0.25, 0.3) is 0 Å². The quantitative estimate of drug-likeness (QED) is 0.769. The Bertz CT molecular complexity index is 774. The Morgan fingerprint density at radius 2 is 2.10 bits per heavy atom. The van der Waals surface area contributed by atoms with Gasteiger partial charge in [-0.05, 0) is 52.2 Å². The van der Waals surface area contributed by atoms with Gasteiger partial charge in [-0.2, -0.15) is 15.0 Å². The number of rotatable bonds is 3. The van der Waals surface area contributed by atoms with Crippen molar-refractivity contribution >= 4 is 39.2 Å². The summed E-state index contributed by atoms with van der Waals surface area (Å²) in [4.78, 5) is 16.4. The molecule has 0 atom stereocenters. The predicted molar refractivity (Wildman–Crippen MR) is 84.1 cm³/mol. The highest BCUT2D eigenvalue weighted by atomic mass is 79.9. The van der Waals surface area contributed by atoms with Crippen molar-refractivity contribution in [2.24, 2.45) is 0 Å². The molecule has 0 unspecified atom stereocenters. The maximum atomic E-state index is 5.95. The number of aryl methyl sites for hydroxylation is 1. The van der Waals surface area contributed by atoms with Gasteiger partial charge in [0.15, 0.2) is 0 Å². The molecule has 8 heteroatoms. The SMILES string of the molecule is Cc1ccc(Nc2nc(Cl)nc(-n3ccnc3)n2)c(Br)c1. The fraction of sp³-hybridized carbons (Fsp3) is 0.0769. The molecular formula is C13H10BrClN6. The number of hydrogen-bond donors (Lipinski definition) is 1. The zero-order valence-electron chi connectivity index (χ0n) is 11.0. The Morgan fingerprint density at radius 1 is 1.24 bits per heavy atom. The molecule has 1 aromatic carbocycles. The van der Waals surface area contributed by atoms with Crippen LogP contribution in [0.25, 0.3) is 5.95 Å². The van der Waals surface area contributed by atoms with Crippen molar-refractivity contribution in [3.8, 4) is 5.95 Å². The first-order valence-electron chi connectivity index (χ1n) is 6.05. The molecule has 21 heavy (non-hydrogen) atoms. The minimum absolute atomic E-state index is 0.111. The van der Waals surface area contributed by atoms with Gasteiger partial charge in [-0.3, -0.25) is 4.57 Å². The van der Waals surface area contributed by atoms with Gasteiger partial charge in [0.1, 0.15) is 6.33 Å². The van der Waals surface area contributed by atoms with E-state index in [0.29, 0.717) is 11.9 Å². The maximum absolute atomic E-state index is 5.95. The number of nitrogens with zero attached hydrogens (tertiary/aromatic N) is 5. The zero-order chi connectivity index (χ0) is 14.8. The number of hydrogen-bond acceptors (Lipinski definition) is 5. The molecule has 0 aliphatic rings. The van der Waals surface area contributed by atoms with Gasteiger partial charge < -0.3 is 5.32 Å². The summed E-state index contributed by atoms with van der Waals surface area (Å²) in [5, 5.41) is 3.23. The molecule has 106 valence electrons. The van der Waals surface area contributed by atoms with E-state index in [0.717, 1.165) is 15.7 Å². The molecule has 0 saturated heterocycles. The summed E-state index contributed by atoms with van der Waals surface area (Å²) in [5.74, 6) is 0.765. The highest BCUT2D eigenvalue weighted by molar-refractivity contribution is 9.10. The molecule has 0 amide bonds. The van der Waals surface area contributed by atoms with Crippen LogP contribution in [0.5, 0.6) is 0 Å². The maximum Gasteiger partial charge on any atom is 0.241 e. The Kier molecular flexibility index (Phi) is 3.85. The van der Waals surface area contributed by atoms with Crippen LogP contribution < -0.4 is 5.32 Å². The molecule has 0 bridgehead atoms. The largest absolute Gasteiger partial charge is 0.323 e. The summed E-state index contributed by atoms with van der Waals surface area (Å²) in [5.41, 5.74) is 2.00. The van der Waals surface area contributed by atoms with Crippen LogP contribution in [-0.4, -0.2) is 24.5 Å². The van der Waals surface area contributed by atoms with Crippen molar-refractivity contribution < 1.29 is 0 Å². The normalized spacial score (nSPS) is 10.6. The van der Waals surface area contributed by atoms with E-state index in [9.17, 15) is 0 Å². The summed E-state index contributed by atoms with van der Waals surface area (Å²) in [7, 11) is 0. The third kappa shape index (κ3) is 3.20. The topological polar surface area (TPSA) is 68.5 Å². The summed E-state index contributed by atoms with van der Waals surface area (Å²) >= 11 is 9.45. The molecule has 3 rings (SSSR count). The molecule has 2 aromatic heterocycles. The van der Waals surface area contributed by atoms with Gasteiger partial charge in [-0.1, -0.05) is 6.07 Å². The number of benzene rings is 1. The highest BCUT2D eigenvalue weighted by Gasteiger charge is 2.08. The van der Waals surface area contributed by atoms with E-state index >= 15 is 0 Å².